The van der Waals surface area contributed by atoms with Crippen LogP contribution < -0.4 is 4.74 Å². The van der Waals surface area contributed by atoms with Gasteiger partial charge in [0.25, 0.3) is 0 Å². The van der Waals surface area contributed by atoms with E-state index in [0.717, 1.165) is 22.3 Å². The molecule has 0 atom stereocenters. The summed E-state index contributed by atoms with van der Waals surface area (Å²) in [5.41, 5.74) is 2.08. The Morgan fingerprint density at radius 3 is 2.53 bits per heavy atom. The molecule has 0 fully saturated rings. The normalized spacial score (nSPS) is 10.6. The Hall–Kier alpha value is -2.20. The van der Waals surface area contributed by atoms with Crippen molar-refractivity contribution < 1.29 is 4.74 Å². The number of benzene rings is 2. The van der Waals surface area contributed by atoms with Crippen molar-refractivity contribution in [2.45, 2.75) is 0 Å². The predicted octanol–water partition coefficient (Wildman–Crippen LogP) is 3.76. The van der Waals surface area contributed by atoms with Gasteiger partial charge >= 0.3 is 0 Å². The summed E-state index contributed by atoms with van der Waals surface area (Å²) in [6.07, 6.45) is 1.76. The third kappa shape index (κ3) is 2.11. The average Bonchev–Trinajstić information content (AvgIpc) is 2.48. The van der Waals surface area contributed by atoms with Crippen LogP contribution in [0.15, 0.2) is 54.9 Å². The van der Waals surface area contributed by atoms with E-state index in [1.54, 1.807) is 13.4 Å². The molecule has 19 heavy (non-hydrogen) atoms. The Labute approximate surface area is 116 Å². The van der Waals surface area contributed by atoms with Gasteiger partial charge in [-0.2, -0.15) is 0 Å². The SMILES string of the molecule is COc1ccc(-n2cnc(=S)c3ccccc32)cc1. The Morgan fingerprint density at radius 1 is 1.05 bits per heavy atom. The maximum absolute atomic E-state index is 5.26. The van der Waals surface area contributed by atoms with Gasteiger partial charge in [-0.05, 0) is 36.4 Å². The van der Waals surface area contributed by atoms with Crippen molar-refractivity contribution in [2.24, 2.45) is 0 Å². The van der Waals surface area contributed by atoms with Gasteiger partial charge in [0, 0.05) is 11.1 Å². The second-order valence-corrected chi connectivity index (χ2v) is 4.52. The van der Waals surface area contributed by atoms with Crippen molar-refractivity contribution in [3.05, 3.63) is 59.5 Å². The van der Waals surface area contributed by atoms with Crippen LogP contribution in [0.2, 0.25) is 0 Å². The summed E-state index contributed by atoms with van der Waals surface area (Å²) in [4.78, 5) is 4.27. The van der Waals surface area contributed by atoms with Gasteiger partial charge in [-0.3, -0.25) is 0 Å². The minimum atomic E-state index is 0.625. The van der Waals surface area contributed by atoms with Gasteiger partial charge in [0.1, 0.15) is 16.7 Å². The van der Waals surface area contributed by atoms with E-state index in [0.29, 0.717) is 4.64 Å². The molecule has 1 heterocycles. The van der Waals surface area contributed by atoms with E-state index in [1.807, 2.05) is 53.1 Å². The minimum Gasteiger partial charge on any atom is -0.497 e. The second kappa shape index (κ2) is 4.82. The number of para-hydroxylation sites is 1. The molecule has 0 radical (unpaired) electrons. The molecule has 2 aromatic carbocycles. The molecule has 0 bridgehead atoms. The number of fused-ring (bicyclic) bond motifs is 1. The molecular weight excluding hydrogens is 256 g/mol. The fourth-order valence-corrected chi connectivity index (χ4v) is 2.27. The fraction of sp³-hybridized carbons (Fsp3) is 0.0667. The van der Waals surface area contributed by atoms with E-state index in [9.17, 15) is 0 Å². The Kier molecular flexibility index (Phi) is 3.01. The molecule has 94 valence electrons. The first-order valence-corrected chi connectivity index (χ1v) is 6.31. The van der Waals surface area contributed by atoms with Crippen LogP contribution in [0.25, 0.3) is 16.6 Å². The molecular formula is C15H12N2OS. The quantitative estimate of drug-likeness (QED) is 0.662. The maximum Gasteiger partial charge on any atom is 0.137 e. The first kappa shape index (κ1) is 11.9. The third-order valence-electron chi connectivity index (χ3n) is 3.04. The summed E-state index contributed by atoms with van der Waals surface area (Å²) in [5, 5.41) is 0.982. The van der Waals surface area contributed by atoms with Gasteiger partial charge in [0.2, 0.25) is 0 Å². The highest BCUT2D eigenvalue weighted by Crippen LogP contribution is 2.20. The van der Waals surface area contributed by atoms with E-state index in [2.05, 4.69) is 4.98 Å². The molecule has 4 heteroatoms. The number of rotatable bonds is 2. The second-order valence-electron chi connectivity index (χ2n) is 4.13. The number of ether oxygens (including phenoxy) is 1. The average molecular weight is 268 g/mol. The number of hydrogen-bond acceptors (Lipinski definition) is 3. The number of methoxy groups -OCH3 is 1. The molecule has 0 N–H and O–H groups in total. The zero-order valence-corrected chi connectivity index (χ0v) is 11.2. The zero-order valence-electron chi connectivity index (χ0n) is 10.4. The molecule has 0 saturated carbocycles. The summed E-state index contributed by atoms with van der Waals surface area (Å²) >= 11 is 5.26. The van der Waals surface area contributed by atoms with Crippen LogP contribution in [0.3, 0.4) is 0 Å². The summed E-state index contributed by atoms with van der Waals surface area (Å²) in [5.74, 6) is 0.835. The maximum atomic E-state index is 5.26. The van der Waals surface area contributed by atoms with Gasteiger partial charge in [0.15, 0.2) is 0 Å². The van der Waals surface area contributed by atoms with Crippen LogP contribution >= 0.6 is 12.2 Å². The predicted molar refractivity (Wildman–Crippen MR) is 78.5 cm³/mol. The van der Waals surface area contributed by atoms with Crippen LogP contribution in [0.1, 0.15) is 0 Å². The van der Waals surface area contributed by atoms with E-state index in [-0.39, 0.29) is 0 Å². The van der Waals surface area contributed by atoms with E-state index in [4.69, 9.17) is 17.0 Å². The minimum absolute atomic E-state index is 0.625. The van der Waals surface area contributed by atoms with Gasteiger partial charge in [-0.15, -0.1) is 0 Å². The smallest absolute Gasteiger partial charge is 0.137 e. The van der Waals surface area contributed by atoms with Crippen LogP contribution in [-0.2, 0) is 0 Å². The number of nitrogens with zero attached hydrogens (tertiary/aromatic N) is 2. The fourth-order valence-electron chi connectivity index (χ4n) is 2.06. The molecule has 0 saturated heterocycles. The van der Waals surface area contributed by atoms with Crippen LogP contribution in [-0.4, -0.2) is 16.7 Å². The lowest BCUT2D eigenvalue weighted by molar-refractivity contribution is 0.415. The van der Waals surface area contributed by atoms with Crippen molar-refractivity contribution in [1.82, 2.24) is 9.55 Å². The largest absolute Gasteiger partial charge is 0.497 e. The molecule has 0 aliphatic carbocycles. The summed E-state index contributed by atoms with van der Waals surface area (Å²) < 4.78 is 7.81. The zero-order chi connectivity index (χ0) is 13.2. The van der Waals surface area contributed by atoms with Gasteiger partial charge in [0.05, 0.1) is 12.6 Å². The highest BCUT2D eigenvalue weighted by Gasteiger charge is 2.03. The number of hydrogen-bond donors (Lipinski definition) is 0. The molecule has 3 aromatic rings. The third-order valence-corrected chi connectivity index (χ3v) is 3.36. The van der Waals surface area contributed by atoms with Crippen molar-refractivity contribution >= 4 is 23.1 Å². The van der Waals surface area contributed by atoms with Crippen LogP contribution in [0.4, 0.5) is 0 Å². The molecule has 1 aromatic heterocycles. The number of aromatic nitrogens is 2. The van der Waals surface area contributed by atoms with Crippen molar-refractivity contribution in [1.29, 1.82) is 0 Å². The van der Waals surface area contributed by atoms with Gasteiger partial charge in [-0.1, -0.05) is 24.4 Å². The van der Waals surface area contributed by atoms with Crippen molar-refractivity contribution in [3.63, 3.8) is 0 Å². The topological polar surface area (TPSA) is 27.1 Å². The molecule has 0 aliphatic rings. The Balaban J connectivity index is 2.24. The molecule has 0 aliphatic heterocycles. The summed E-state index contributed by atoms with van der Waals surface area (Å²) in [6.45, 7) is 0. The molecule has 3 nitrogen and oxygen atoms in total. The van der Waals surface area contributed by atoms with Crippen LogP contribution in [0.5, 0.6) is 5.75 Å². The molecule has 3 rings (SSSR count). The van der Waals surface area contributed by atoms with Gasteiger partial charge < -0.3 is 9.30 Å². The lowest BCUT2D eigenvalue weighted by atomic mass is 10.2. The van der Waals surface area contributed by atoms with Crippen molar-refractivity contribution in [3.8, 4) is 11.4 Å². The highest BCUT2D eigenvalue weighted by atomic mass is 32.1. The summed E-state index contributed by atoms with van der Waals surface area (Å²) in [7, 11) is 1.66. The monoisotopic (exact) mass is 268 g/mol. The van der Waals surface area contributed by atoms with E-state index >= 15 is 0 Å². The van der Waals surface area contributed by atoms with Crippen molar-refractivity contribution in [2.75, 3.05) is 7.11 Å². The first-order valence-electron chi connectivity index (χ1n) is 5.90. The van der Waals surface area contributed by atoms with E-state index in [1.165, 1.54) is 0 Å². The van der Waals surface area contributed by atoms with Gasteiger partial charge in [-0.25, -0.2) is 4.98 Å². The van der Waals surface area contributed by atoms with E-state index < -0.39 is 0 Å². The Morgan fingerprint density at radius 2 is 1.79 bits per heavy atom. The Bertz CT molecular complexity index is 778. The molecule has 0 unspecified atom stereocenters. The molecule has 0 spiro atoms. The highest BCUT2D eigenvalue weighted by molar-refractivity contribution is 7.71. The first-order chi connectivity index (χ1) is 9.29. The lowest BCUT2D eigenvalue weighted by Gasteiger charge is -2.11. The summed E-state index contributed by atoms with van der Waals surface area (Å²) in [6, 6.07) is 15.8. The lowest BCUT2D eigenvalue weighted by Crippen LogP contribution is -1.99. The molecule has 0 amide bonds. The van der Waals surface area contributed by atoms with Crippen LogP contribution in [0, 0.1) is 4.64 Å². The standard InChI is InChI=1S/C15H12N2OS/c1-18-12-8-6-11(7-9-12)17-10-16-15(19)13-4-2-3-5-14(13)17/h2-10H,1H3.